The Hall–Kier alpha value is -2.88. The van der Waals surface area contributed by atoms with Gasteiger partial charge in [-0.3, -0.25) is 0 Å². The molecule has 2 heterocycles. The van der Waals surface area contributed by atoms with Gasteiger partial charge in [-0.2, -0.15) is 5.26 Å². The molecule has 0 bridgehead atoms. The minimum Gasteiger partial charge on any atom is -0.379 e. The zero-order valence-corrected chi connectivity index (χ0v) is 10.8. The van der Waals surface area contributed by atoms with Gasteiger partial charge in [-0.1, -0.05) is 12.1 Å². The van der Waals surface area contributed by atoms with Gasteiger partial charge in [-0.05, 0) is 29.4 Å². The van der Waals surface area contributed by atoms with Crippen molar-refractivity contribution in [1.82, 2.24) is 19.9 Å². The van der Waals surface area contributed by atoms with Crippen LogP contribution in [-0.4, -0.2) is 19.9 Å². The predicted octanol–water partition coefficient (Wildman–Crippen LogP) is 1.83. The van der Waals surface area contributed by atoms with Crippen molar-refractivity contribution in [3.63, 3.8) is 0 Å². The molecule has 1 unspecified atom stereocenters. The molecule has 0 spiro atoms. The number of imidazole rings is 1. The van der Waals surface area contributed by atoms with Crippen LogP contribution in [0.25, 0.3) is 22.6 Å². The van der Waals surface area contributed by atoms with Crippen LogP contribution in [0.2, 0.25) is 0 Å². The van der Waals surface area contributed by atoms with Crippen molar-refractivity contribution in [2.45, 2.75) is 13.5 Å². The van der Waals surface area contributed by atoms with Gasteiger partial charge in [-0.15, -0.1) is 0 Å². The lowest BCUT2D eigenvalue weighted by Crippen LogP contribution is -2.08. The second kappa shape index (κ2) is 4.66. The molecule has 3 rings (SSSR count). The van der Waals surface area contributed by atoms with Crippen molar-refractivity contribution in [1.29, 1.82) is 5.26 Å². The molecule has 0 aliphatic heterocycles. The van der Waals surface area contributed by atoms with Crippen molar-refractivity contribution >= 4 is 16.9 Å². The van der Waals surface area contributed by atoms with E-state index < -0.39 is 0 Å². The number of aromatic nitrogens is 4. The number of nitrogens with two attached hydrogens (primary N) is 1. The van der Waals surface area contributed by atoms with E-state index in [1.807, 2.05) is 35.8 Å². The summed E-state index contributed by atoms with van der Waals surface area (Å²) in [5.41, 5.74) is 7.87. The molecule has 0 amide bonds. The molecular formula is C13H12N6O. The maximum absolute atomic E-state index is 9.03. The van der Waals surface area contributed by atoms with E-state index in [4.69, 9.17) is 11.0 Å². The van der Waals surface area contributed by atoms with E-state index in [0.717, 1.165) is 11.0 Å². The molecule has 0 saturated carbocycles. The summed E-state index contributed by atoms with van der Waals surface area (Å²) in [6.07, 6.45) is 0. The molecule has 1 aromatic carbocycles. The topological polar surface area (TPSA) is 107 Å². The number of anilines is 1. The van der Waals surface area contributed by atoms with Crippen LogP contribution in [0, 0.1) is 17.2 Å². The van der Waals surface area contributed by atoms with Crippen molar-refractivity contribution in [3.05, 3.63) is 24.3 Å². The Balaban J connectivity index is 2.23. The lowest BCUT2D eigenvalue weighted by Gasteiger charge is -2.08. The van der Waals surface area contributed by atoms with Crippen LogP contribution in [0.15, 0.2) is 28.9 Å². The number of hydrogen-bond donors (Lipinski definition) is 1. The zero-order chi connectivity index (χ0) is 14.1. The Morgan fingerprint density at radius 1 is 1.40 bits per heavy atom. The molecule has 3 aromatic rings. The first kappa shape index (κ1) is 12.2. The van der Waals surface area contributed by atoms with Gasteiger partial charge in [0.2, 0.25) is 0 Å². The Kier molecular flexibility index (Phi) is 2.84. The standard InChI is InChI=1S/C13H12N6O/c1-8(6-14)7-19-10-5-3-2-4-9(10)16-13(19)11-12(15)18-20-17-11/h2-5,8H,7H2,1H3,(H2,15,18). The van der Waals surface area contributed by atoms with E-state index in [1.54, 1.807) is 0 Å². The van der Waals surface area contributed by atoms with Crippen LogP contribution in [0.5, 0.6) is 0 Å². The minimum absolute atomic E-state index is 0.160. The maximum atomic E-state index is 9.03. The molecule has 0 fully saturated rings. The van der Waals surface area contributed by atoms with E-state index in [2.05, 4.69) is 26.0 Å². The highest BCUT2D eigenvalue weighted by Gasteiger charge is 2.19. The number of rotatable bonds is 3. The van der Waals surface area contributed by atoms with Gasteiger partial charge < -0.3 is 10.3 Å². The Morgan fingerprint density at radius 3 is 2.90 bits per heavy atom. The molecular weight excluding hydrogens is 256 g/mol. The smallest absolute Gasteiger partial charge is 0.199 e. The second-order valence-electron chi connectivity index (χ2n) is 4.56. The second-order valence-corrected chi connectivity index (χ2v) is 4.56. The average molecular weight is 268 g/mol. The van der Waals surface area contributed by atoms with Gasteiger partial charge in [-0.25, -0.2) is 9.61 Å². The van der Waals surface area contributed by atoms with Gasteiger partial charge in [0.25, 0.3) is 0 Å². The minimum atomic E-state index is -0.160. The van der Waals surface area contributed by atoms with Gasteiger partial charge in [0.15, 0.2) is 17.3 Å². The summed E-state index contributed by atoms with van der Waals surface area (Å²) in [6, 6.07) is 9.89. The molecule has 1 atom stereocenters. The van der Waals surface area contributed by atoms with Crippen molar-refractivity contribution in [3.8, 4) is 17.6 Å². The number of nitrogen functional groups attached to an aromatic ring is 1. The van der Waals surface area contributed by atoms with Crippen LogP contribution < -0.4 is 5.73 Å². The molecule has 100 valence electrons. The quantitative estimate of drug-likeness (QED) is 0.776. The van der Waals surface area contributed by atoms with Gasteiger partial charge in [0, 0.05) is 6.54 Å². The Morgan fingerprint density at radius 2 is 2.20 bits per heavy atom. The predicted molar refractivity (Wildman–Crippen MR) is 72.2 cm³/mol. The fourth-order valence-electron chi connectivity index (χ4n) is 2.11. The van der Waals surface area contributed by atoms with E-state index in [1.165, 1.54) is 0 Å². The number of nitriles is 1. The summed E-state index contributed by atoms with van der Waals surface area (Å²) >= 11 is 0. The fourth-order valence-corrected chi connectivity index (χ4v) is 2.11. The molecule has 0 aliphatic rings. The molecule has 2 N–H and O–H groups in total. The highest BCUT2D eigenvalue weighted by atomic mass is 16.6. The van der Waals surface area contributed by atoms with Gasteiger partial charge in [0.05, 0.1) is 23.0 Å². The summed E-state index contributed by atoms with van der Waals surface area (Å²) in [6.45, 7) is 2.35. The summed E-state index contributed by atoms with van der Waals surface area (Å²) in [5, 5.41) is 16.4. The van der Waals surface area contributed by atoms with Crippen molar-refractivity contribution in [2.24, 2.45) is 5.92 Å². The number of fused-ring (bicyclic) bond motifs is 1. The third kappa shape index (κ3) is 1.87. The first-order valence-corrected chi connectivity index (χ1v) is 6.14. The molecule has 0 saturated heterocycles. The SMILES string of the molecule is CC(C#N)Cn1c(-c2nonc2N)nc2ccccc21. The van der Waals surface area contributed by atoms with Crippen LogP contribution in [0.4, 0.5) is 5.82 Å². The molecule has 0 aliphatic carbocycles. The number of para-hydroxylation sites is 2. The average Bonchev–Trinajstić information content (AvgIpc) is 3.03. The van der Waals surface area contributed by atoms with Crippen molar-refractivity contribution < 1.29 is 4.63 Å². The Labute approximate surface area is 114 Å². The lowest BCUT2D eigenvalue weighted by atomic mass is 10.2. The van der Waals surface area contributed by atoms with Gasteiger partial charge >= 0.3 is 0 Å². The number of hydrogen-bond acceptors (Lipinski definition) is 6. The van der Waals surface area contributed by atoms with Crippen LogP contribution in [0.3, 0.4) is 0 Å². The molecule has 7 nitrogen and oxygen atoms in total. The zero-order valence-electron chi connectivity index (χ0n) is 10.8. The maximum Gasteiger partial charge on any atom is 0.199 e. The first-order valence-electron chi connectivity index (χ1n) is 6.14. The van der Waals surface area contributed by atoms with E-state index in [9.17, 15) is 0 Å². The van der Waals surface area contributed by atoms with Crippen LogP contribution in [-0.2, 0) is 6.54 Å². The first-order chi connectivity index (χ1) is 9.70. The molecule has 7 heteroatoms. The fraction of sp³-hybridized carbons (Fsp3) is 0.231. The monoisotopic (exact) mass is 268 g/mol. The van der Waals surface area contributed by atoms with E-state index >= 15 is 0 Å². The van der Waals surface area contributed by atoms with E-state index in [0.29, 0.717) is 18.1 Å². The third-order valence-corrected chi connectivity index (χ3v) is 3.06. The number of benzene rings is 1. The van der Waals surface area contributed by atoms with Crippen LogP contribution >= 0.6 is 0 Å². The van der Waals surface area contributed by atoms with Crippen LogP contribution in [0.1, 0.15) is 6.92 Å². The molecule has 20 heavy (non-hydrogen) atoms. The lowest BCUT2D eigenvalue weighted by molar-refractivity contribution is 0.310. The molecule has 0 radical (unpaired) electrons. The summed E-state index contributed by atoms with van der Waals surface area (Å²) in [5.74, 6) is 0.589. The number of nitrogens with zero attached hydrogens (tertiary/aromatic N) is 5. The summed E-state index contributed by atoms with van der Waals surface area (Å²) in [4.78, 5) is 4.51. The van der Waals surface area contributed by atoms with Crippen molar-refractivity contribution in [2.75, 3.05) is 5.73 Å². The van der Waals surface area contributed by atoms with Gasteiger partial charge in [0.1, 0.15) is 0 Å². The Bertz CT molecular complexity index is 797. The summed E-state index contributed by atoms with van der Waals surface area (Å²) in [7, 11) is 0. The molecule has 2 aromatic heterocycles. The highest BCUT2D eigenvalue weighted by Crippen LogP contribution is 2.27. The van der Waals surface area contributed by atoms with E-state index in [-0.39, 0.29) is 11.7 Å². The largest absolute Gasteiger partial charge is 0.379 e. The normalized spacial score (nSPS) is 12.4. The summed E-state index contributed by atoms with van der Waals surface area (Å²) < 4.78 is 6.55. The third-order valence-electron chi connectivity index (χ3n) is 3.06. The highest BCUT2D eigenvalue weighted by molar-refractivity contribution is 5.81.